The molecule has 4 amide bonds. The summed E-state index contributed by atoms with van der Waals surface area (Å²) < 4.78 is 5.22. The lowest BCUT2D eigenvalue weighted by molar-refractivity contribution is -0.135. The largest absolute Gasteiger partial charge is 0.378 e. The molecule has 1 atom stereocenters. The molecule has 0 aromatic heterocycles. The Hall–Kier alpha value is -2.41. The summed E-state index contributed by atoms with van der Waals surface area (Å²) in [7, 11) is 0. The fourth-order valence-electron chi connectivity index (χ4n) is 3.11. The number of ether oxygens (including phenoxy) is 1. The molecule has 25 heavy (non-hydrogen) atoms. The summed E-state index contributed by atoms with van der Waals surface area (Å²) in [5.41, 5.74) is 1.08. The van der Waals surface area contributed by atoms with Crippen molar-refractivity contribution in [2.24, 2.45) is 0 Å². The van der Waals surface area contributed by atoms with Crippen molar-refractivity contribution in [1.29, 1.82) is 0 Å². The van der Waals surface area contributed by atoms with Gasteiger partial charge in [0, 0.05) is 26.1 Å². The summed E-state index contributed by atoms with van der Waals surface area (Å²) in [5, 5.41) is 2.69. The number of carbonyl (C=O) groups excluding carboxylic acids is 3. The van der Waals surface area contributed by atoms with Crippen LogP contribution in [0.15, 0.2) is 30.3 Å². The zero-order valence-electron chi connectivity index (χ0n) is 14.1. The van der Waals surface area contributed by atoms with E-state index in [1.165, 1.54) is 4.90 Å². The van der Waals surface area contributed by atoms with E-state index in [4.69, 9.17) is 4.74 Å². The maximum Gasteiger partial charge on any atom is 0.324 e. The van der Waals surface area contributed by atoms with E-state index in [1.54, 1.807) is 4.90 Å². The molecule has 1 aromatic rings. The maximum absolute atomic E-state index is 12.4. The van der Waals surface area contributed by atoms with Crippen molar-refractivity contribution in [1.82, 2.24) is 15.1 Å². The highest BCUT2D eigenvalue weighted by atomic mass is 16.5. The fourth-order valence-corrected chi connectivity index (χ4v) is 3.11. The van der Waals surface area contributed by atoms with Crippen LogP contribution in [0.4, 0.5) is 4.79 Å². The van der Waals surface area contributed by atoms with Crippen LogP contribution in [0.1, 0.15) is 18.4 Å². The molecule has 0 bridgehead atoms. The Labute approximate surface area is 146 Å². The Kier molecular flexibility index (Phi) is 5.65. The van der Waals surface area contributed by atoms with E-state index in [1.807, 2.05) is 30.3 Å². The molecule has 0 aliphatic carbocycles. The van der Waals surface area contributed by atoms with Gasteiger partial charge in [-0.3, -0.25) is 14.5 Å². The van der Waals surface area contributed by atoms with Gasteiger partial charge in [-0.1, -0.05) is 30.3 Å². The Bertz CT molecular complexity index is 628. The molecule has 0 unspecified atom stereocenters. The van der Waals surface area contributed by atoms with Crippen LogP contribution in [0.2, 0.25) is 0 Å². The topological polar surface area (TPSA) is 79.0 Å². The third kappa shape index (κ3) is 4.36. The molecular weight excluding hydrogens is 322 g/mol. The van der Waals surface area contributed by atoms with E-state index in [0.717, 1.165) is 5.56 Å². The highest BCUT2D eigenvalue weighted by Crippen LogP contribution is 2.14. The first-order valence-electron chi connectivity index (χ1n) is 8.66. The third-order valence-corrected chi connectivity index (χ3v) is 4.58. The van der Waals surface area contributed by atoms with Gasteiger partial charge in [0.1, 0.15) is 6.04 Å². The second-order valence-corrected chi connectivity index (χ2v) is 6.26. The van der Waals surface area contributed by atoms with Crippen LogP contribution in [0, 0.1) is 0 Å². The zero-order valence-corrected chi connectivity index (χ0v) is 14.1. The van der Waals surface area contributed by atoms with E-state index >= 15 is 0 Å². The molecule has 7 nitrogen and oxygen atoms in total. The van der Waals surface area contributed by atoms with Crippen LogP contribution >= 0.6 is 0 Å². The SMILES string of the molecule is O=C(CC[C@@H]1NC(=O)N(CCc2ccccc2)C1=O)N1CCOCC1. The molecular formula is C18H23N3O4. The monoisotopic (exact) mass is 345 g/mol. The number of morpholine rings is 1. The normalized spacial score (nSPS) is 20.7. The van der Waals surface area contributed by atoms with Gasteiger partial charge in [-0.05, 0) is 18.4 Å². The number of urea groups is 1. The molecule has 134 valence electrons. The van der Waals surface area contributed by atoms with Crippen molar-refractivity contribution < 1.29 is 19.1 Å². The summed E-state index contributed by atoms with van der Waals surface area (Å²) in [6, 6.07) is 8.76. The Balaban J connectivity index is 1.48. The molecule has 7 heteroatoms. The number of nitrogens with one attached hydrogen (secondary N) is 1. The van der Waals surface area contributed by atoms with Crippen LogP contribution in [0.25, 0.3) is 0 Å². The quantitative estimate of drug-likeness (QED) is 0.773. The predicted molar refractivity (Wildman–Crippen MR) is 90.8 cm³/mol. The molecule has 2 aliphatic heterocycles. The van der Waals surface area contributed by atoms with Crippen molar-refractivity contribution in [3.8, 4) is 0 Å². The minimum absolute atomic E-state index is 0.00749. The number of nitrogens with zero attached hydrogens (tertiary/aromatic N) is 2. The number of imide groups is 1. The number of hydrogen-bond acceptors (Lipinski definition) is 4. The molecule has 0 saturated carbocycles. The number of carbonyl (C=O) groups is 3. The van der Waals surface area contributed by atoms with Gasteiger partial charge < -0.3 is 15.0 Å². The molecule has 1 N–H and O–H groups in total. The maximum atomic E-state index is 12.4. The van der Waals surface area contributed by atoms with Crippen LogP contribution < -0.4 is 5.32 Å². The van der Waals surface area contributed by atoms with Gasteiger partial charge in [0.15, 0.2) is 0 Å². The second kappa shape index (κ2) is 8.11. The summed E-state index contributed by atoms with van der Waals surface area (Å²) in [5.74, 6) is -0.233. The Morgan fingerprint density at radius 3 is 2.60 bits per heavy atom. The van der Waals surface area contributed by atoms with Crippen LogP contribution in [0.5, 0.6) is 0 Å². The standard InChI is InChI=1S/C18H23N3O4/c22-16(20-10-12-25-13-11-20)7-6-15-17(23)21(18(24)19-15)9-8-14-4-2-1-3-5-14/h1-5,15H,6-13H2,(H,19,24)/t15-/m0/s1. The number of benzene rings is 1. The molecule has 2 aliphatic rings. The smallest absolute Gasteiger partial charge is 0.324 e. The van der Waals surface area contributed by atoms with Gasteiger partial charge in [0.2, 0.25) is 5.91 Å². The van der Waals surface area contributed by atoms with Gasteiger partial charge in [0.05, 0.1) is 13.2 Å². The molecule has 1 aromatic carbocycles. The third-order valence-electron chi connectivity index (χ3n) is 4.58. The van der Waals surface area contributed by atoms with Gasteiger partial charge in [0.25, 0.3) is 5.91 Å². The van der Waals surface area contributed by atoms with Crippen molar-refractivity contribution in [3.63, 3.8) is 0 Å². The lowest BCUT2D eigenvalue weighted by Gasteiger charge is -2.27. The fraction of sp³-hybridized carbons (Fsp3) is 0.500. The summed E-state index contributed by atoms with van der Waals surface area (Å²) in [4.78, 5) is 39.6. The molecule has 0 radical (unpaired) electrons. The number of rotatable bonds is 6. The van der Waals surface area contributed by atoms with Crippen LogP contribution in [0.3, 0.4) is 0 Å². The van der Waals surface area contributed by atoms with E-state index < -0.39 is 6.04 Å². The van der Waals surface area contributed by atoms with Crippen molar-refractivity contribution in [3.05, 3.63) is 35.9 Å². The van der Waals surface area contributed by atoms with E-state index in [2.05, 4.69) is 5.32 Å². The predicted octanol–water partition coefficient (Wildman–Crippen LogP) is 0.788. The van der Waals surface area contributed by atoms with Gasteiger partial charge >= 0.3 is 6.03 Å². The lowest BCUT2D eigenvalue weighted by Crippen LogP contribution is -2.41. The molecule has 2 fully saturated rings. The van der Waals surface area contributed by atoms with Crippen molar-refractivity contribution in [2.45, 2.75) is 25.3 Å². The van der Waals surface area contributed by atoms with Gasteiger partial charge in [-0.25, -0.2) is 4.79 Å². The van der Waals surface area contributed by atoms with Gasteiger partial charge in [-0.2, -0.15) is 0 Å². The molecule has 2 heterocycles. The van der Waals surface area contributed by atoms with E-state index in [9.17, 15) is 14.4 Å². The summed E-state index contributed by atoms with van der Waals surface area (Å²) in [6.07, 6.45) is 1.21. The first-order chi connectivity index (χ1) is 12.1. The number of hydrogen-bond donors (Lipinski definition) is 1. The van der Waals surface area contributed by atoms with Crippen molar-refractivity contribution >= 4 is 17.8 Å². The van der Waals surface area contributed by atoms with E-state index in [0.29, 0.717) is 45.7 Å². The van der Waals surface area contributed by atoms with E-state index in [-0.39, 0.29) is 24.3 Å². The molecule has 0 spiro atoms. The van der Waals surface area contributed by atoms with Gasteiger partial charge in [-0.15, -0.1) is 0 Å². The van der Waals surface area contributed by atoms with Crippen molar-refractivity contribution in [2.75, 3.05) is 32.8 Å². The zero-order chi connectivity index (χ0) is 17.6. The minimum Gasteiger partial charge on any atom is -0.378 e. The highest BCUT2D eigenvalue weighted by molar-refractivity contribution is 6.04. The number of amides is 4. The Morgan fingerprint density at radius 1 is 1.16 bits per heavy atom. The average Bonchev–Trinajstić information content (AvgIpc) is 2.93. The minimum atomic E-state index is -0.603. The Morgan fingerprint density at radius 2 is 1.88 bits per heavy atom. The highest BCUT2D eigenvalue weighted by Gasteiger charge is 2.37. The summed E-state index contributed by atoms with van der Waals surface area (Å²) in [6.45, 7) is 2.64. The summed E-state index contributed by atoms with van der Waals surface area (Å²) >= 11 is 0. The second-order valence-electron chi connectivity index (χ2n) is 6.26. The first kappa shape index (κ1) is 17.4. The average molecular weight is 345 g/mol. The molecule has 2 saturated heterocycles. The first-order valence-corrected chi connectivity index (χ1v) is 8.66. The lowest BCUT2D eigenvalue weighted by atomic mass is 10.1. The van der Waals surface area contributed by atoms with Crippen LogP contribution in [-0.4, -0.2) is 66.5 Å². The van der Waals surface area contributed by atoms with Crippen LogP contribution in [-0.2, 0) is 20.7 Å². The molecule has 3 rings (SSSR count).